The minimum atomic E-state index is -0.327. The quantitative estimate of drug-likeness (QED) is 0.445. The number of aromatic nitrogens is 1. The molecule has 2 N–H and O–H groups in total. The topological polar surface area (TPSA) is 108 Å². The molecule has 5 heterocycles. The smallest absolute Gasteiger partial charge is 0.270 e. The third kappa shape index (κ3) is 7.94. The summed E-state index contributed by atoms with van der Waals surface area (Å²) < 4.78 is 31.1. The van der Waals surface area contributed by atoms with Crippen molar-refractivity contribution in [3.05, 3.63) is 53.0 Å². The molecule has 0 spiro atoms. The Hall–Kier alpha value is -3.16. The highest BCUT2D eigenvalue weighted by atomic mass is 19.1. The van der Waals surface area contributed by atoms with Gasteiger partial charge in [0, 0.05) is 63.1 Å². The number of nitrogens with one attached hydrogen (secondary N) is 2. The van der Waals surface area contributed by atoms with Crippen LogP contribution in [-0.4, -0.2) is 122 Å². The van der Waals surface area contributed by atoms with Crippen molar-refractivity contribution < 1.29 is 28.2 Å². The molecular formula is C35H49FN6O5. The lowest BCUT2D eigenvalue weighted by atomic mass is 10.0. The number of carbonyl (C=O) groups is 2. The number of rotatable bonds is 8. The van der Waals surface area contributed by atoms with Crippen molar-refractivity contribution in [2.75, 3.05) is 64.1 Å². The molecular weight excluding hydrogens is 603 g/mol. The summed E-state index contributed by atoms with van der Waals surface area (Å²) in [7, 11) is 0. The highest BCUT2D eigenvalue weighted by Crippen LogP contribution is 2.35. The molecule has 11 nitrogen and oxygen atoms in total. The molecule has 0 radical (unpaired) electrons. The van der Waals surface area contributed by atoms with Crippen LogP contribution in [0.3, 0.4) is 0 Å². The zero-order valence-electron chi connectivity index (χ0n) is 28.0. The average molecular weight is 653 g/mol. The summed E-state index contributed by atoms with van der Waals surface area (Å²) in [6, 6.07) is 8.91. The Labute approximate surface area is 277 Å². The number of carbonyl (C=O) groups excluding carboxylic acids is 2. The first-order valence-electron chi connectivity index (χ1n) is 17.1. The van der Waals surface area contributed by atoms with Crippen LogP contribution < -0.4 is 20.3 Å². The Balaban J connectivity index is 1.27. The molecule has 6 rings (SSSR count). The van der Waals surface area contributed by atoms with Crippen LogP contribution in [0, 0.1) is 5.82 Å². The van der Waals surface area contributed by atoms with E-state index >= 15 is 0 Å². The summed E-state index contributed by atoms with van der Waals surface area (Å²) in [4.78, 5) is 39.3. The van der Waals surface area contributed by atoms with E-state index in [-0.39, 0.29) is 66.5 Å². The van der Waals surface area contributed by atoms with Crippen LogP contribution in [0.1, 0.15) is 62.2 Å². The zero-order valence-corrected chi connectivity index (χ0v) is 28.0. The second-order valence-corrected chi connectivity index (χ2v) is 13.7. The number of piperazine rings is 1. The van der Waals surface area contributed by atoms with Crippen LogP contribution >= 0.6 is 0 Å². The van der Waals surface area contributed by atoms with Crippen molar-refractivity contribution in [1.29, 1.82) is 0 Å². The summed E-state index contributed by atoms with van der Waals surface area (Å²) >= 11 is 0. The van der Waals surface area contributed by atoms with Crippen molar-refractivity contribution in [1.82, 2.24) is 25.4 Å². The number of amides is 2. The van der Waals surface area contributed by atoms with Crippen molar-refractivity contribution >= 4 is 17.5 Å². The second kappa shape index (κ2) is 14.9. The number of hydrogen-bond donors (Lipinski definition) is 2. The molecule has 0 saturated carbocycles. The van der Waals surface area contributed by atoms with E-state index < -0.39 is 0 Å². The number of benzene rings is 1. The SMILES string of the molecule is CC1COc2nc(C(=O)NC3CCOCC3)c(Cc3ccc(F)cc3)cc2N1C(=O)CN1C[C@@H](C)NC[C@@H]1CN1[C@H](C)COC[C@H]1C. The number of anilines is 1. The van der Waals surface area contributed by atoms with E-state index in [0.717, 1.165) is 38.0 Å². The Morgan fingerprint density at radius 3 is 2.45 bits per heavy atom. The highest BCUT2D eigenvalue weighted by Gasteiger charge is 2.37. The Bertz CT molecular complexity index is 1400. The van der Waals surface area contributed by atoms with Gasteiger partial charge in [0.25, 0.3) is 5.91 Å². The lowest BCUT2D eigenvalue weighted by Gasteiger charge is -2.46. The van der Waals surface area contributed by atoms with Gasteiger partial charge in [0.15, 0.2) is 0 Å². The number of nitrogens with zero attached hydrogens (tertiary/aromatic N) is 4. The number of hydrogen-bond acceptors (Lipinski definition) is 9. The van der Waals surface area contributed by atoms with E-state index in [4.69, 9.17) is 19.2 Å². The second-order valence-electron chi connectivity index (χ2n) is 13.7. The molecule has 5 atom stereocenters. The van der Waals surface area contributed by atoms with Crippen LogP contribution in [0.4, 0.5) is 10.1 Å². The molecule has 2 aromatic rings. The summed E-state index contributed by atoms with van der Waals surface area (Å²) in [5.41, 5.74) is 2.30. The van der Waals surface area contributed by atoms with Crippen molar-refractivity contribution in [2.45, 2.75) is 83.2 Å². The van der Waals surface area contributed by atoms with E-state index in [2.05, 4.69) is 41.2 Å². The maximum atomic E-state index is 14.3. The van der Waals surface area contributed by atoms with Crippen LogP contribution in [-0.2, 0) is 20.7 Å². The van der Waals surface area contributed by atoms with Gasteiger partial charge < -0.3 is 29.7 Å². The Kier molecular flexibility index (Phi) is 10.7. The molecule has 4 aliphatic rings. The standard InChI is InChI=1S/C35H49FN6O5/c1-22-16-40(30(15-37-22)17-41-23(2)19-46-20-24(41)3)18-32(43)42-25(4)21-47-35-31(42)14-27(13-26-5-7-28(36)8-6-26)33(39-35)34(44)38-29-9-11-45-12-10-29/h5-8,14,22-25,29-30,37H,9-13,15-21H2,1-4H3,(H,38,44)/t22-,23-,24-,25?,30-/m1/s1. The minimum absolute atomic E-state index is 0.00965. The van der Waals surface area contributed by atoms with Gasteiger partial charge in [-0.25, -0.2) is 9.37 Å². The monoisotopic (exact) mass is 652 g/mol. The maximum Gasteiger partial charge on any atom is 0.270 e. The van der Waals surface area contributed by atoms with E-state index in [1.807, 2.05) is 13.0 Å². The lowest BCUT2D eigenvalue weighted by Crippen LogP contribution is -2.63. The fourth-order valence-corrected chi connectivity index (χ4v) is 7.24. The molecule has 1 aromatic carbocycles. The first-order chi connectivity index (χ1) is 22.7. The Morgan fingerprint density at radius 2 is 1.72 bits per heavy atom. The molecule has 2 amide bonds. The number of ether oxygens (including phenoxy) is 3. The number of fused-ring (bicyclic) bond motifs is 1. The van der Waals surface area contributed by atoms with E-state index in [0.29, 0.717) is 56.2 Å². The van der Waals surface area contributed by atoms with Crippen LogP contribution in [0.25, 0.3) is 0 Å². The highest BCUT2D eigenvalue weighted by molar-refractivity contribution is 5.99. The predicted octanol–water partition coefficient (Wildman–Crippen LogP) is 2.61. The van der Waals surface area contributed by atoms with E-state index in [1.165, 1.54) is 12.1 Å². The van der Waals surface area contributed by atoms with Crippen LogP contribution in [0.5, 0.6) is 5.88 Å². The fourth-order valence-electron chi connectivity index (χ4n) is 7.24. The van der Waals surface area contributed by atoms with Gasteiger partial charge in [-0.1, -0.05) is 12.1 Å². The molecule has 1 unspecified atom stereocenters. The van der Waals surface area contributed by atoms with Gasteiger partial charge in [-0.3, -0.25) is 19.4 Å². The molecule has 47 heavy (non-hydrogen) atoms. The van der Waals surface area contributed by atoms with Crippen molar-refractivity contribution in [2.24, 2.45) is 0 Å². The third-order valence-corrected chi connectivity index (χ3v) is 9.89. The molecule has 12 heteroatoms. The van der Waals surface area contributed by atoms with E-state index in [9.17, 15) is 14.0 Å². The van der Waals surface area contributed by atoms with Crippen LogP contribution in [0.15, 0.2) is 30.3 Å². The number of morpholine rings is 1. The molecule has 0 aliphatic carbocycles. The van der Waals surface area contributed by atoms with Gasteiger partial charge in [0.2, 0.25) is 11.8 Å². The largest absolute Gasteiger partial charge is 0.474 e. The lowest BCUT2D eigenvalue weighted by molar-refractivity contribution is -0.122. The molecule has 4 aliphatic heterocycles. The van der Waals surface area contributed by atoms with Crippen molar-refractivity contribution in [3.8, 4) is 5.88 Å². The summed E-state index contributed by atoms with van der Waals surface area (Å²) in [6.45, 7) is 14.1. The first kappa shape index (κ1) is 33.7. The van der Waals surface area contributed by atoms with E-state index in [1.54, 1.807) is 17.0 Å². The summed E-state index contributed by atoms with van der Waals surface area (Å²) in [6.07, 6.45) is 1.81. The normalized spacial score (nSPS) is 27.6. The van der Waals surface area contributed by atoms with Gasteiger partial charge in [0.05, 0.1) is 25.8 Å². The zero-order chi connectivity index (χ0) is 33.1. The molecule has 0 bridgehead atoms. The van der Waals surface area contributed by atoms with Gasteiger partial charge in [0.1, 0.15) is 23.8 Å². The van der Waals surface area contributed by atoms with Gasteiger partial charge in [-0.05, 0) is 76.3 Å². The molecule has 1 aromatic heterocycles. The fraction of sp³-hybridized carbons (Fsp3) is 0.629. The number of pyridine rings is 1. The van der Waals surface area contributed by atoms with Gasteiger partial charge >= 0.3 is 0 Å². The van der Waals surface area contributed by atoms with Gasteiger partial charge in [-0.2, -0.15) is 0 Å². The maximum absolute atomic E-state index is 14.3. The summed E-state index contributed by atoms with van der Waals surface area (Å²) in [5, 5.41) is 6.74. The van der Waals surface area contributed by atoms with Gasteiger partial charge in [-0.15, -0.1) is 0 Å². The Morgan fingerprint density at radius 1 is 1.00 bits per heavy atom. The third-order valence-electron chi connectivity index (χ3n) is 9.89. The molecule has 3 fully saturated rings. The van der Waals surface area contributed by atoms with Crippen molar-refractivity contribution in [3.63, 3.8) is 0 Å². The molecule has 256 valence electrons. The summed E-state index contributed by atoms with van der Waals surface area (Å²) in [5.74, 6) is -0.371. The first-order valence-corrected chi connectivity index (χ1v) is 17.1. The van der Waals surface area contributed by atoms with Crippen LogP contribution in [0.2, 0.25) is 0 Å². The number of halogens is 1. The average Bonchev–Trinajstić information content (AvgIpc) is 3.05. The predicted molar refractivity (Wildman–Crippen MR) is 176 cm³/mol. The molecule has 3 saturated heterocycles. The minimum Gasteiger partial charge on any atom is -0.474 e.